The lowest BCUT2D eigenvalue weighted by Crippen LogP contribution is -2.04. The van der Waals surface area contributed by atoms with Crippen LogP contribution in [0.3, 0.4) is 0 Å². The van der Waals surface area contributed by atoms with Gasteiger partial charge in [-0.05, 0) is 28.6 Å². The molecule has 0 saturated heterocycles. The van der Waals surface area contributed by atoms with E-state index in [1.54, 1.807) is 27.5 Å². The number of aromatic nitrogens is 5. The molecule has 0 aliphatic carbocycles. The number of rotatable bonds is 5. The molecule has 0 spiro atoms. The zero-order valence-corrected chi connectivity index (χ0v) is 14.7. The van der Waals surface area contributed by atoms with E-state index in [1.165, 1.54) is 11.1 Å². The average molecular weight is 353 g/mol. The zero-order valence-electron chi connectivity index (χ0n) is 13.1. The second-order valence-corrected chi connectivity index (χ2v) is 6.99. The molecule has 0 aliphatic heterocycles. The van der Waals surface area contributed by atoms with Crippen molar-refractivity contribution in [3.8, 4) is 22.0 Å². The largest absolute Gasteiger partial charge is 0.239 e. The second-order valence-electron chi connectivity index (χ2n) is 5.35. The van der Waals surface area contributed by atoms with Gasteiger partial charge in [0.05, 0.1) is 5.69 Å². The number of benzene rings is 1. The number of thiazole rings is 1. The van der Waals surface area contributed by atoms with Crippen molar-refractivity contribution in [3.63, 3.8) is 0 Å². The zero-order chi connectivity index (χ0) is 16.4. The molecule has 3 heterocycles. The number of tetrazole rings is 1. The van der Waals surface area contributed by atoms with E-state index in [4.69, 9.17) is 0 Å². The van der Waals surface area contributed by atoms with E-state index >= 15 is 0 Å². The van der Waals surface area contributed by atoms with Crippen molar-refractivity contribution < 1.29 is 0 Å². The number of thiophene rings is 1. The first kappa shape index (κ1) is 15.2. The quantitative estimate of drug-likeness (QED) is 0.541. The Morgan fingerprint density at radius 2 is 1.92 bits per heavy atom. The molecule has 1 aromatic carbocycles. The molecule has 120 valence electrons. The van der Waals surface area contributed by atoms with Crippen LogP contribution in [0.1, 0.15) is 18.2 Å². The van der Waals surface area contributed by atoms with Gasteiger partial charge >= 0.3 is 0 Å². The molecule has 0 saturated carbocycles. The van der Waals surface area contributed by atoms with E-state index in [2.05, 4.69) is 56.3 Å². The molecule has 24 heavy (non-hydrogen) atoms. The third-order valence-electron chi connectivity index (χ3n) is 3.70. The highest BCUT2D eigenvalue weighted by molar-refractivity contribution is 7.14. The first-order valence-corrected chi connectivity index (χ1v) is 9.48. The minimum atomic E-state index is 0.528. The molecule has 0 amide bonds. The Bertz CT molecular complexity index is 922. The van der Waals surface area contributed by atoms with E-state index in [1.807, 2.05) is 17.5 Å². The van der Waals surface area contributed by atoms with Gasteiger partial charge in [-0.15, -0.1) is 21.5 Å². The predicted octanol–water partition coefficient (Wildman–Crippen LogP) is 4.14. The highest BCUT2D eigenvalue weighted by Gasteiger charge is 2.09. The van der Waals surface area contributed by atoms with Gasteiger partial charge in [-0.2, -0.15) is 16.1 Å². The molecule has 3 aromatic heterocycles. The fraction of sp³-hybridized carbons (Fsp3) is 0.176. The topological polar surface area (TPSA) is 56.5 Å². The molecule has 0 atom stereocenters. The first-order chi connectivity index (χ1) is 11.8. The summed E-state index contributed by atoms with van der Waals surface area (Å²) >= 11 is 3.32. The normalized spacial score (nSPS) is 11.0. The molecule has 0 radical (unpaired) electrons. The Balaban J connectivity index is 1.50. The van der Waals surface area contributed by atoms with Gasteiger partial charge in [-0.1, -0.05) is 31.2 Å². The van der Waals surface area contributed by atoms with Gasteiger partial charge in [0, 0.05) is 21.9 Å². The maximum atomic E-state index is 4.65. The van der Waals surface area contributed by atoms with Crippen LogP contribution >= 0.6 is 22.7 Å². The highest BCUT2D eigenvalue weighted by atomic mass is 32.1. The van der Waals surface area contributed by atoms with Crippen molar-refractivity contribution in [1.29, 1.82) is 0 Å². The van der Waals surface area contributed by atoms with Crippen LogP contribution in [-0.4, -0.2) is 25.2 Å². The van der Waals surface area contributed by atoms with E-state index in [9.17, 15) is 0 Å². The maximum absolute atomic E-state index is 4.65. The van der Waals surface area contributed by atoms with E-state index < -0.39 is 0 Å². The molecule has 0 bridgehead atoms. The lowest BCUT2D eigenvalue weighted by Gasteiger charge is -1.97. The summed E-state index contributed by atoms with van der Waals surface area (Å²) in [5.41, 5.74) is 4.40. The third kappa shape index (κ3) is 3.13. The molecular weight excluding hydrogens is 338 g/mol. The molecule has 4 aromatic rings. The van der Waals surface area contributed by atoms with E-state index in [-0.39, 0.29) is 0 Å². The Labute approximate surface area is 147 Å². The van der Waals surface area contributed by atoms with Crippen molar-refractivity contribution in [2.45, 2.75) is 19.9 Å². The lowest BCUT2D eigenvalue weighted by molar-refractivity contribution is 0.566. The molecule has 0 fully saturated rings. The average Bonchev–Trinajstić information content (AvgIpc) is 3.37. The Kier molecular flexibility index (Phi) is 4.18. The van der Waals surface area contributed by atoms with E-state index in [0.717, 1.165) is 22.7 Å². The fourth-order valence-corrected chi connectivity index (χ4v) is 3.88. The van der Waals surface area contributed by atoms with Gasteiger partial charge in [-0.3, -0.25) is 0 Å². The van der Waals surface area contributed by atoms with E-state index in [0.29, 0.717) is 12.4 Å². The predicted molar refractivity (Wildman–Crippen MR) is 97.2 cm³/mol. The second kappa shape index (κ2) is 6.62. The molecule has 0 unspecified atom stereocenters. The van der Waals surface area contributed by atoms with Gasteiger partial charge in [0.15, 0.2) is 0 Å². The SMILES string of the molecule is CCc1ccc(-c2nnn(Cc3csc(-c4ccsc4)n3)n2)cc1. The first-order valence-electron chi connectivity index (χ1n) is 7.66. The van der Waals surface area contributed by atoms with Gasteiger partial charge in [-0.25, -0.2) is 4.98 Å². The Morgan fingerprint density at radius 1 is 1.04 bits per heavy atom. The van der Waals surface area contributed by atoms with Crippen molar-refractivity contribution in [2.24, 2.45) is 0 Å². The summed E-state index contributed by atoms with van der Waals surface area (Å²) in [6, 6.07) is 10.4. The van der Waals surface area contributed by atoms with Crippen molar-refractivity contribution in [1.82, 2.24) is 25.2 Å². The third-order valence-corrected chi connectivity index (χ3v) is 5.32. The molecule has 0 aliphatic rings. The van der Waals surface area contributed by atoms with Crippen LogP contribution in [0.15, 0.2) is 46.5 Å². The fourth-order valence-electron chi connectivity index (χ4n) is 2.36. The smallest absolute Gasteiger partial charge is 0.204 e. The van der Waals surface area contributed by atoms with Gasteiger partial charge in [0.2, 0.25) is 5.82 Å². The number of nitrogens with zero attached hydrogens (tertiary/aromatic N) is 5. The van der Waals surface area contributed by atoms with Crippen LogP contribution < -0.4 is 0 Å². The minimum Gasteiger partial charge on any atom is -0.239 e. The number of hydrogen-bond acceptors (Lipinski definition) is 6. The number of hydrogen-bond donors (Lipinski definition) is 0. The highest BCUT2D eigenvalue weighted by Crippen LogP contribution is 2.25. The maximum Gasteiger partial charge on any atom is 0.204 e. The minimum absolute atomic E-state index is 0.528. The summed E-state index contributed by atoms with van der Waals surface area (Å²) in [7, 11) is 0. The van der Waals surface area contributed by atoms with Crippen LogP contribution in [0.5, 0.6) is 0 Å². The van der Waals surface area contributed by atoms with Crippen molar-refractivity contribution in [3.05, 3.63) is 57.7 Å². The monoisotopic (exact) mass is 353 g/mol. The van der Waals surface area contributed by atoms with Crippen molar-refractivity contribution >= 4 is 22.7 Å². The molecule has 7 heteroatoms. The van der Waals surface area contributed by atoms with Crippen LogP contribution in [0.2, 0.25) is 0 Å². The standard InChI is InChI=1S/C17H15N5S2/c1-2-12-3-5-13(6-4-12)16-19-21-22(20-16)9-15-11-24-17(18-15)14-7-8-23-10-14/h3-8,10-11H,2,9H2,1H3. The van der Waals surface area contributed by atoms with Crippen LogP contribution in [-0.2, 0) is 13.0 Å². The lowest BCUT2D eigenvalue weighted by atomic mass is 10.1. The summed E-state index contributed by atoms with van der Waals surface area (Å²) in [6.45, 7) is 2.67. The summed E-state index contributed by atoms with van der Waals surface area (Å²) in [5.74, 6) is 0.644. The van der Waals surface area contributed by atoms with Gasteiger partial charge < -0.3 is 0 Å². The van der Waals surface area contributed by atoms with Crippen LogP contribution in [0.25, 0.3) is 22.0 Å². The Hall–Kier alpha value is -2.38. The molecule has 5 nitrogen and oxygen atoms in total. The molecule has 0 N–H and O–H groups in total. The summed E-state index contributed by atoms with van der Waals surface area (Å²) in [5, 5.41) is 20.0. The number of aryl methyl sites for hydroxylation is 1. The van der Waals surface area contributed by atoms with Crippen LogP contribution in [0, 0.1) is 0 Å². The Morgan fingerprint density at radius 3 is 2.67 bits per heavy atom. The van der Waals surface area contributed by atoms with Gasteiger partial charge in [0.25, 0.3) is 0 Å². The van der Waals surface area contributed by atoms with Crippen LogP contribution in [0.4, 0.5) is 0 Å². The summed E-state index contributed by atoms with van der Waals surface area (Å²) in [4.78, 5) is 6.24. The molecular formula is C17H15N5S2. The summed E-state index contributed by atoms with van der Waals surface area (Å²) < 4.78 is 0. The summed E-state index contributed by atoms with van der Waals surface area (Å²) in [6.07, 6.45) is 1.02. The molecule has 4 rings (SSSR count). The van der Waals surface area contributed by atoms with Crippen molar-refractivity contribution in [2.75, 3.05) is 0 Å². The van der Waals surface area contributed by atoms with Gasteiger partial charge in [0.1, 0.15) is 11.6 Å².